The van der Waals surface area contributed by atoms with Gasteiger partial charge in [0.15, 0.2) is 5.78 Å². The minimum Gasteiger partial charge on any atom is -0.373 e. The number of anilines is 1. The number of fused-ring (bicyclic) bond motifs is 1. The van der Waals surface area contributed by atoms with Gasteiger partial charge in [0.1, 0.15) is 5.82 Å². The van der Waals surface area contributed by atoms with Crippen molar-refractivity contribution in [3.8, 4) is 0 Å². The topological polar surface area (TPSA) is 20.3 Å². The number of halogens is 1. The van der Waals surface area contributed by atoms with Crippen molar-refractivity contribution in [2.24, 2.45) is 0 Å². The maximum absolute atomic E-state index is 12.9. The Bertz CT molecular complexity index is 362. The Hall–Kier alpha value is -1.38. The van der Waals surface area contributed by atoms with E-state index in [-0.39, 0.29) is 11.6 Å². The Morgan fingerprint density at radius 3 is 3.00 bits per heavy atom. The van der Waals surface area contributed by atoms with Gasteiger partial charge in [-0.05, 0) is 18.2 Å². The van der Waals surface area contributed by atoms with E-state index in [2.05, 4.69) is 0 Å². The minimum absolute atomic E-state index is 0.105. The third-order valence-electron chi connectivity index (χ3n) is 2.35. The molecule has 0 aliphatic carbocycles. The zero-order valence-corrected chi connectivity index (χ0v) is 7.38. The third-order valence-corrected chi connectivity index (χ3v) is 2.35. The van der Waals surface area contributed by atoms with Crippen LogP contribution in [0.2, 0.25) is 0 Å². The molecule has 68 valence electrons. The Morgan fingerprint density at radius 1 is 1.46 bits per heavy atom. The van der Waals surface area contributed by atoms with Crippen molar-refractivity contribution in [3.63, 3.8) is 0 Å². The van der Waals surface area contributed by atoms with Gasteiger partial charge in [-0.25, -0.2) is 4.39 Å². The van der Waals surface area contributed by atoms with Gasteiger partial charge >= 0.3 is 0 Å². The van der Waals surface area contributed by atoms with Gasteiger partial charge in [-0.3, -0.25) is 4.79 Å². The van der Waals surface area contributed by atoms with Crippen molar-refractivity contribution >= 4 is 11.5 Å². The number of hydrogen-bond donors (Lipinski definition) is 0. The van der Waals surface area contributed by atoms with Crippen LogP contribution in [-0.4, -0.2) is 19.4 Å². The Morgan fingerprint density at radius 2 is 2.23 bits per heavy atom. The molecule has 2 nitrogen and oxygen atoms in total. The van der Waals surface area contributed by atoms with Crippen molar-refractivity contribution in [1.29, 1.82) is 0 Å². The van der Waals surface area contributed by atoms with E-state index >= 15 is 0 Å². The smallest absolute Gasteiger partial charge is 0.166 e. The largest absolute Gasteiger partial charge is 0.373 e. The summed E-state index contributed by atoms with van der Waals surface area (Å²) in [5.41, 5.74) is 1.34. The molecule has 1 aromatic rings. The fourth-order valence-electron chi connectivity index (χ4n) is 1.58. The molecule has 1 aromatic carbocycles. The van der Waals surface area contributed by atoms with E-state index in [9.17, 15) is 9.18 Å². The minimum atomic E-state index is -0.291. The number of carbonyl (C=O) groups is 1. The van der Waals surface area contributed by atoms with Crippen LogP contribution >= 0.6 is 0 Å². The normalized spacial score (nSPS) is 15.8. The Labute approximate surface area is 76.0 Å². The highest BCUT2D eigenvalue weighted by Gasteiger charge is 2.20. The molecule has 1 heterocycles. The summed E-state index contributed by atoms with van der Waals surface area (Å²) in [5, 5.41) is 0. The predicted octanol–water partition coefficient (Wildman–Crippen LogP) is 1.85. The van der Waals surface area contributed by atoms with E-state index < -0.39 is 0 Å². The summed E-state index contributed by atoms with van der Waals surface area (Å²) in [5.74, 6) is -0.187. The van der Waals surface area contributed by atoms with Gasteiger partial charge in [-0.2, -0.15) is 0 Å². The molecule has 0 spiro atoms. The Balaban J connectivity index is 2.57. The second kappa shape index (κ2) is 2.83. The first-order valence-corrected chi connectivity index (χ1v) is 4.22. The number of Topliss-reactive ketones (excluding diaryl/α,β-unsaturated/α-hetero) is 1. The molecule has 0 amide bonds. The number of ketones is 1. The van der Waals surface area contributed by atoms with E-state index in [4.69, 9.17) is 0 Å². The highest BCUT2D eigenvalue weighted by atomic mass is 19.1. The first-order valence-electron chi connectivity index (χ1n) is 4.22. The van der Waals surface area contributed by atoms with Gasteiger partial charge in [0.2, 0.25) is 0 Å². The van der Waals surface area contributed by atoms with Crippen molar-refractivity contribution in [1.82, 2.24) is 0 Å². The molecule has 13 heavy (non-hydrogen) atoms. The summed E-state index contributed by atoms with van der Waals surface area (Å²) in [4.78, 5) is 13.3. The molecule has 0 aromatic heterocycles. The van der Waals surface area contributed by atoms with E-state index in [1.807, 2.05) is 11.9 Å². The average Bonchev–Trinajstić information content (AvgIpc) is 2.12. The fourth-order valence-corrected chi connectivity index (χ4v) is 1.58. The maximum atomic E-state index is 12.9. The third kappa shape index (κ3) is 1.30. The second-order valence-electron chi connectivity index (χ2n) is 3.26. The highest BCUT2D eigenvalue weighted by molar-refractivity contribution is 6.03. The Kier molecular flexibility index (Phi) is 1.79. The lowest BCUT2D eigenvalue weighted by molar-refractivity contribution is 0.0980. The predicted molar refractivity (Wildman–Crippen MR) is 48.6 cm³/mol. The quantitative estimate of drug-likeness (QED) is 0.605. The first kappa shape index (κ1) is 8.23. The highest BCUT2D eigenvalue weighted by Crippen LogP contribution is 2.26. The lowest BCUT2D eigenvalue weighted by Gasteiger charge is -2.26. The van der Waals surface area contributed by atoms with Gasteiger partial charge in [-0.1, -0.05) is 0 Å². The van der Waals surface area contributed by atoms with E-state index in [1.165, 1.54) is 12.1 Å². The molecule has 0 unspecified atom stereocenters. The molecular weight excluding hydrogens is 169 g/mol. The van der Waals surface area contributed by atoms with Gasteiger partial charge in [0.25, 0.3) is 0 Å². The second-order valence-corrected chi connectivity index (χ2v) is 3.26. The molecule has 0 atom stereocenters. The number of rotatable bonds is 0. The van der Waals surface area contributed by atoms with Crippen LogP contribution < -0.4 is 4.90 Å². The van der Waals surface area contributed by atoms with E-state index in [0.29, 0.717) is 24.2 Å². The molecule has 0 saturated heterocycles. The molecule has 0 N–H and O–H groups in total. The lowest BCUT2D eigenvalue weighted by Crippen LogP contribution is -2.28. The lowest BCUT2D eigenvalue weighted by atomic mass is 10.0. The van der Waals surface area contributed by atoms with Crippen LogP contribution in [0.5, 0.6) is 0 Å². The number of carbonyl (C=O) groups excluding carboxylic acids is 1. The summed E-state index contributed by atoms with van der Waals surface area (Å²) < 4.78 is 12.9. The van der Waals surface area contributed by atoms with Crippen molar-refractivity contribution in [2.75, 3.05) is 18.5 Å². The number of nitrogens with zero attached hydrogens (tertiary/aromatic N) is 1. The molecule has 0 fully saturated rings. The standard InChI is InChI=1S/C10H10FNO/c1-12-5-4-10(13)8-3-2-7(11)6-9(8)12/h2-3,6H,4-5H2,1H3. The summed E-state index contributed by atoms with van der Waals surface area (Å²) in [6.07, 6.45) is 0.523. The zero-order chi connectivity index (χ0) is 9.42. The van der Waals surface area contributed by atoms with E-state index in [1.54, 1.807) is 6.07 Å². The van der Waals surface area contributed by atoms with Gasteiger partial charge in [0.05, 0.1) is 5.69 Å². The summed E-state index contributed by atoms with van der Waals surface area (Å²) in [6, 6.07) is 4.30. The SMILES string of the molecule is CN1CCC(=O)c2ccc(F)cc21. The molecular formula is C10H10FNO. The number of benzene rings is 1. The van der Waals surface area contributed by atoms with Crippen LogP contribution in [-0.2, 0) is 0 Å². The summed E-state index contributed by atoms with van der Waals surface area (Å²) >= 11 is 0. The van der Waals surface area contributed by atoms with Gasteiger partial charge in [0, 0.05) is 25.6 Å². The monoisotopic (exact) mass is 179 g/mol. The van der Waals surface area contributed by atoms with Crippen molar-refractivity contribution < 1.29 is 9.18 Å². The van der Waals surface area contributed by atoms with Crippen LogP contribution in [0.3, 0.4) is 0 Å². The molecule has 0 radical (unpaired) electrons. The van der Waals surface area contributed by atoms with Crippen LogP contribution in [0.1, 0.15) is 16.8 Å². The van der Waals surface area contributed by atoms with Crippen LogP contribution in [0.4, 0.5) is 10.1 Å². The number of hydrogen-bond acceptors (Lipinski definition) is 2. The summed E-state index contributed by atoms with van der Waals surface area (Å²) in [7, 11) is 1.87. The van der Waals surface area contributed by atoms with Gasteiger partial charge < -0.3 is 4.90 Å². The average molecular weight is 179 g/mol. The van der Waals surface area contributed by atoms with Gasteiger partial charge in [-0.15, -0.1) is 0 Å². The van der Waals surface area contributed by atoms with E-state index in [0.717, 1.165) is 0 Å². The molecule has 0 bridgehead atoms. The molecule has 1 aliphatic rings. The molecule has 1 aliphatic heterocycles. The maximum Gasteiger partial charge on any atom is 0.166 e. The zero-order valence-electron chi connectivity index (χ0n) is 7.38. The molecule has 0 saturated carbocycles. The van der Waals surface area contributed by atoms with Crippen LogP contribution in [0, 0.1) is 5.82 Å². The van der Waals surface area contributed by atoms with Crippen LogP contribution in [0.25, 0.3) is 0 Å². The van der Waals surface area contributed by atoms with Crippen LogP contribution in [0.15, 0.2) is 18.2 Å². The first-order chi connectivity index (χ1) is 6.18. The molecule has 2 rings (SSSR count). The summed E-state index contributed by atoms with van der Waals surface area (Å²) in [6.45, 7) is 0.676. The molecule has 3 heteroatoms. The van der Waals surface area contributed by atoms with Crippen molar-refractivity contribution in [2.45, 2.75) is 6.42 Å². The van der Waals surface area contributed by atoms with Crippen molar-refractivity contribution in [3.05, 3.63) is 29.6 Å². The fraction of sp³-hybridized carbons (Fsp3) is 0.300.